The molecule has 110 valence electrons. The van der Waals surface area contributed by atoms with E-state index in [9.17, 15) is 9.90 Å². The first-order valence-electron chi connectivity index (χ1n) is 6.38. The van der Waals surface area contributed by atoms with Crippen LogP contribution in [-0.4, -0.2) is 40.1 Å². The van der Waals surface area contributed by atoms with E-state index in [1.807, 2.05) is 11.4 Å². The monoisotopic (exact) mass is 342 g/mol. The molecule has 0 radical (unpaired) electrons. The predicted octanol–water partition coefficient (Wildman–Crippen LogP) is 2.86. The van der Waals surface area contributed by atoms with Gasteiger partial charge in [0, 0.05) is 29.1 Å². The van der Waals surface area contributed by atoms with Crippen LogP contribution in [0, 0.1) is 0 Å². The van der Waals surface area contributed by atoms with Gasteiger partial charge < -0.3 is 10.0 Å². The molecule has 1 aromatic carbocycles. The molecule has 3 rings (SSSR count). The summed E-state index contributed by atoms with van der Waals surface area (Å²) in [7, 11) is 0. The quantitative estimate of drug-likeness (QED) is 0.932. The Morgan fingerprint density at radius 3 is 2.86 bits per heavy atom. The molecule has 21 heavy (non-hydrogen) atoms. The fourth-order valence-corrected chi connectivity index (χ4v) is 3.51. The molecule has 1 aromatic heterocycles. The summed E-state index contributed by atoms with van der Waals surface area (Å²) in [6, 6.07) is 5.25. The fourth-order valence-electron chi connectivity index (χ4n) is 2.10. The van der Waals surface area contributed by atoms with Gasteiger partial charge in [0.05, 0.1) is 23.2 Å². The van der Waals surface area contributed by atoms with Gasteiger partial charge in [-0.1, -0.05) is 23.2 Å². The number of likely N-dealkylation sites (tertiary alicyclic amines) is 1. The highest BCUT2D eigenvalue weighted by Gasteiger charge is 2.28. The first-order valence-corrected chi connectivity index (χ1v) is 8.02. The zero-order valence-electron chi connectivity index (χ0n) is 10.9. The van der Waals surface area contributed by atoms with Gasteiger partial charge in [-0.3, -0.25) is 4.79 Å². The summed E-state index contributed by atoms with van der Waals surface area (Å²) in [6.45, 7) is 0.831. The molecule has 2 aromatic rings. The first kappa shape index (κ1) is 14.8. The molecule has 2 heterocycles. The maximum atomic E-state index is 11.9. The topological polar surface area (TPSA) is 53.4 Å². The van der Waals surface area contributed by atoms with Crippen molar-refractivity contribution in [1.82, 2.24) is 9.88 Å². The van der Waals surface area contributed by atoms with E-state index in [0.717, 1.165) is 10.6 Å². The summed E-state index contributed by atoms with van der Waals surface area (Å²) in [6.07, 6.45) is -0.137. The van der Waals surface area contributed by atoms with Crippen LogP contribution in [0.3, 0.4) is 0 Å². The highest BCUT2D eigenvalue weighted by molar-refractivity contribution is 7.13. The summed E-state index contributed by atoms with van der Waals surface area (Å²) in [4.78, 5) is 18.0. The molecule has 1 N–H and O–H groups in total. The molecule has 0 bridgehead atoms. The molecule has 1 amide bonds. The van der Waals surface area contributed by atoms with Crippen molar-refractivity contribution in [2.45, 2.75) is 12.5 Å². The first-order chi connectivity index (χ1) is 10.0. The van der Waals surface area contributed by atoms with Crippen molar-refractivity contribution in [3.05, 3.63) is 39.3 Å². The Balaban J connectivity index is 1.72. The third-order valence-electron chi connectivity index (χ3n) is 3.26. The van der Waals surface area contributed by atoms with Gasteiger partial charge in [-0.05, 0) is 18.2 Å². The molecule has 1 saturated heterocycles. The molecule has 0 saturated carbocycles. The SMILES string of the molecule is O=C(Cc1csc(-c2ccc(Cl)cc2Cl)n1)N1CC(O)C1. The van der Waals surface area contributed by atoms with E-state index in [0.29, 0.717) is 28.8 Å². The Kier molecular flexibility index (Phi) is 4.17. The molecule has 1 fully saturated rings. The summed E-state index contributed by atoms with van der Waals surface area (Å²) >= 11 is 13.5. The molecule has 0 unspecified atom stereocenters. The zero-order valence-corrected chi connectivity index (χ0v) is 13.3. The molecular formula is C14H12Cl2N2O2S. The Labute approximate surface area is 135 Å². The maximum Gasteiger partial charge on any atom is 0.228 e. The van der Waals surface area contributed by atoms with Crippen LogP contribution in [0.25, 0.3) is 10.6 Å². The van der Waals surface area contributed by atoms with Crippen molar-refractivity contribution in [1.29, 1.82) is 0 Å². The minimum absolute atomic E-state index is 0.0145. The van der Waals surface area contributed by atoms with Crippen LogP contribution in [0.15, 0.2) is 23.6 Å². The Bertz CT molecular complexity index is 683. The van der Waals surface area contributed by atoms with Crippen LogP contribution in [0.5, 0.6) is 0 Å². The van der Waals surface area contributed by atoms with E-state index >= 15 is 0 Å². The number of amides is 1. The van der Waals surface area contributed by atoms with Crippen LogP contribution in [-0.2, 0) is 11.2 Å². The largest absolute Gasteiger partial charge is 0.389 e. The predicted molar refractivity (Wildman–Crippen MR) is 83.9 cm³/mol. The normalized spacial score (nSPS) is 15.1. The van der Waals surface area contributed by atoms with Crippen molar-refractivity contribution in [2.24, 2.45) is 0 Å². The smallest absolute Gasteiger partial charge is 0.228 e. The van der Waals surface area contributed by atoms with Gasteiger partial charge in [-0.15, -0.1) is 11.3 Å². The van der Waals surface area contributed by atoms with Gasteiger partial charge in [-0.2, -0.15) is 0 Å². The third kappa shape index (κ3) is 3.21. The second-order valence-electron chi connectivity index (χ2n) is 4.90. The average Bonchev–Trinajstić information content (AvgIpc) is 2.83. The summed E-state index contributed by atoms with van der Waals surface area (Å²) in [5.41, 5.74) is 1.52. The van der Waals surface area contributed by atoms with Gasteiger partial charge in [0.15, 0.2) is 0 Å². The number of β-amino-alcohol motifs (C(OH)–C–C–N with tert-alkyl or cyclic N) is 1. The second-order valence-corrected chi connectivity index (χ2v) is 6.60. The van der Waals surface area contributed by atoms with E-state index in [1.165, 1.54) is 11.3 Å². The number of aliphatic hydroxyl groups is 1. The van der Waals surface area contributed by atoms with Crippen molar-refractivity contribution in [3.63, 3.8) is 0 Å². The number of carbonyl (C=O) groups is 1. The van der Waals surface area contributed by atoms with Crippen molar-refractivity contribution >= 4 is 40.4 Å². The lowest BCUT2D eigenvalue weighted by Crippen LogP contribution is -2.53. The van der Waals surface area contributed by atoms with E-state index in [1.54, 1.807) is 17.0 Å². The highest BCUT2D eigenvalue weighted by atomic mass is 35.5. The lowest BCUT2D eigenvalue weighted by Gasteiger charge is -2.35. The van der Waals surface area contributed by atoms with Crippen molar-refractivity contribution < 1.29 is 9.90 Å². The number of carbonyl (C=O) groups excluding carboxylic acids is 1. The summed E-state index contributed by atoms with van der Waals surface area (Å²) in [5.74, 6) is -0.0145. The Hall–Kier alpha value is -1.14. The van der Waals surface area contributed by atoms with Crippen LogP contribution >= 0.6 is 34.5 Å². The number of thiazole rings is 1. The van der Waals surface area contributed by atoms with E-state index in [2.05, 4.69) is 4.98 Å². The van der Waals surface area contributed by atoms with E-state index in [-0.39, 0.29) is 18.4 Å². The van der Waals surface area contributed by atoms with E-state index in [4.69, 9.17) is 23.2 Å². The lowest BCUT2D eigenvalue weighted by atomic mass is 10.1. The van der Waals surface area contributed by atoms with Gasteiger partial charge in [0.25, 0.3) is 0 Å². The molecular weight excluding hydrogens is 331 g/mol. The second kappa shape index (κ2) is 5.93. The molecule has 0 atom stereocenters. The average molecular weight is 343 g/mol. The number of halogens is 2. The number of hydrogen-bond acceptors (Lipinski definition) is 4. The molecule has 1 aliphatic rings. The van der Waals surface area contributed by atoms with Crippen LogP contribution < -0.4 is 0 Å². The summed E-state index contributed by atoms with van der Waals surface area (Å²) in [5, 5.41) is 12.9. The molecule has 0 spiro atoms. The zero-order chi connectivity index (χ0) is 15.0. The summed E-state index contributed by atoms with van der Waals surface area (Å²) < 4.78 is 0. The van der Waals surface area contributed by atoms with Gasteiger partial charge in [0.1, 0.15) is 5.01 Å². The molecule has 7 heteroatoms. The standard InChI is InChI=1S/C14H12Cl2N2O2S/c15-8-1-2-11(12(16)3-8)14-17-9(7-21-14)4-13(20)18-5-10(19)6-18/h1-3,7,10,19H,4-6H2. The third-order valence-corrected chi connectivity index (χ3v) is 4.73. The number of aromatic nitrogens is 1. The number of nitrogens with zero attached hydrogens (tertiary/aromatic N) is 2. The lowest BCUT2D eigenvalue weighted by molar-refractivity contribution is -0.140. The Morgan fingerprint density at radius 1 is 1.43 bits per heavy atom. The van der Waals surface area contributed by atoms with Crippen LogP contribution in [0.4, 0.5) is 0 Å². The van der Waals surface area contributed by atoms with Crippen LogP contribution in [0.1, 0.15) is 5.69 Å². The number of benzene rings is 1. The molecule has 1 aliphatic heterocycles. The van der Waals surface area contributed by atoms with Gasteiger partial charge in [-0.25, -0.2) is 4.98 Å². The number of hydrogen-bond donors (Lipinski definition) is 1. The van der Waals surface area contributed by atoms with Crippen molar-refractivity contribution in [2.75, 3.05) is 13.1 Å². The van der Waals surface area contributed by atoms with Gasteiger partial charge in [0.2, 0.25) is 5.91 Å². The minimum atomic E-state index is -0.382. The number of aliphatic hydroxyl groups excluding tert-OH is 1. The molecule has 0 aliphatic carbocycles. The highest BCUT2D eigenvalue weighted by Crippen LogP contribution is 2.32. The van der Waals surface area contributed by atoms with Gasteiger partial charge >= 0.3 is 0 Å². The fraction of sp³-hybridized carbons (Fsp3) is 0.286. The minimum Gasteiger partial charge on any atom is -0.389 e. The van der Waals surface area contributed by atoms with Crippen molar-refractivity contribution in [3.8, 4) is 10.6 Å². The number of rotatable bonds is 3. The molecule has 4 nitrogen and oxygen atoms in total. The van der Waals surface area contributed by atoms with E-state index < -0.39 is 0 Å². The Morgan fingerprint density at radius 2 is 2.19 bits per heavy atom. The van der Waals surface area contributed by atoms with Crippen LogP contribution in [0.2, 0.25) is 10.0 Å². The maximum absolute atomic E-state index is 11.9.